The van der Waals surface area contributed by atoms with Gasteiger partial charge < -0.3 is 15.2 Å². The van der Waals surface area contributed by atoms with E-state index in [0.717, 1.165) is 4.47 Å². The lowest BCUT2D eigenvalue weighted by Gasteiger charge is -2.09. The molecular weight excluding hydrogens is 346 g/mol. The summed E-state index contributed by atoms with van der Waals surface area (Å²) >= 11 is 9.29. The number of benzene rings is 2. The molecule has 0 radical (unpaired) electrons. The van der Waals surface area contributed by atoms with Crippen molar-refractivity contribution in [3.63, 3.8) is 0 Å². The molecule has 1 amide bonds. The summed E-state index contributed by atoms with van der Waals surface area (Å²) in [4.78, 5) is 12.1. The van der Waals surface area contributed by atoms with Gasteiger partial charge in [-0.1, -0.05) is 27.5 Å². The number of nitrogens with one attached hydrogen (secondary N) is 1. The van der Waals surface area contributed by atoms with Crippen LogP contribution < -0.4 is 10.1 Å². The maximum Gasteiger partial charge on any atom is 0.257 e. The lowest BCUT2D eigenvalue weighted by Crippen LogP contribution is -2.12. The highest BCUT2D eigenvalue weighted by Crippen LogP contribution is 2.26. The Morgan fingerprint density at radius 1 is 1.30 bits per heavy atom. The molecule has 0 bridgehead atoms. The lowest BCUT2D eigenvalue weighted by molar-refractivity contribution is 0.102. The third-order valence-corrected chi connectivity index (χ3v) is 3.37. The fourth-order valence-corrected chi connectivity index (χ4v) is 2.40. The fourth-order valence-electron chi connectivity index (χ4n) is 1.65. The highest BCUT2D eigenvalue weighted by atomic mass is 79.9. The summed E-state index contributed by atoms with van der Waals surface area (Å²) in [7, 11) is 1.48. The van der Waals surface area contributed by atoms with Gasteiger partial charge in [-0.15, -0.1) is 0 Å². The summed E-state index contributed by atoms with van der Waals surface area (Å²) in [5.41, 5.74) is 0.767. The van der Waals surface area contributed by atoms with Gasteiger partial charge in [-0.25, -0.2) is 0 Å². The highest BCUT2D eigenvalue weighted by Gasteiger charge is 2.12. The Balaban J connectivity index is 2.25. The molecule has 20 heavy (non-hydrogen) atoms. The number of ether oxygens (including phenoxy) is 1. The Kier molecular flexibility index (Phi) is 4.52. The van der Waals surface area contributed by atoms with Gasteiger partial charge >= 0.3 is 0 Å². The molecule has 0 aromatic heterocycles. The van der Waals surface area contributed by atoms with Gasteiger partial charge in [0.25, 0.3) is 5.91 Å². The number of amides is 1. The number of anilines is 1. The first-order valence-electron chi connectivity index (χ1n) is 5.64. The monoisotopic (exact) mass is 355 g/mol. The first-order valence-corrected chi connectivity index (χ1v) is 6.81. The van der Waals surface area contributed by atoms with Crippen LogP contribution in [0.4, 0.5) is 5.69 Å². The van der Waals surface area contributed by atoms with Crippen molar-refractivity contribution in [3.05, 3.63) is 51.5 Å². The molecule has 0 spiro atoms. The number of hydrogen-bond donors (Lipinski definition) is 2. The Morgan fingerprint density at radius 2 is 2.05 bits per heavy atom. The number of phenols is 1. The van der Waals surface area contributed by atoms with Crippen LogP contribution in [0.1, 0.15) is 10.4 Å². The minimum Gasteiger partial charge on any atom is -0.508 e. The molecule has 0 aliphatic carbocycles. The van der Waals surface area contributed by atoms with Gasteiger partial charge in [0, 0.05) is 28.4 Å². The van der Waals surface area contributed by atoms with E-state index >= 15 is 0 Å². The van der Waals surface area contributed by atoms with Crippen LogP contribution in [0.2, 0.25) is 5.02 Å². The molecule has 0 atom stereocenters. The number of methoxy groups -OCH3 is 1. The average Bonchev–Trinajstić information content (AvgIpc) is 2.37. The van der Waals surface area contributed by atoms with Crippen LogP contribution in [0.5, 0.6) is 11.5 Å². The van der Waals surface area contributed by atoms with Gasteiger partial charge in [0.2, 0.25) is 0 Å². The predicted molar refractivity (Wildman–Crippen MR) is 81.8 cm³/mol. The molecule has 2 aromatic carbocycles. The summed E-state index contributed by atoms with van der Waals surface area (Å²) < 4.78 is 5.81. The van der Waals surface area contributed by atoms with Crippen molar-refractivity contribution in [1.82, 2.24) is 0 Å². The Morgan fingerprint density at radius 3 is 2.70 bits per heavy atom. The summed E-state index contributed by atoms with van der Waals surface area (Å²) in [6.07, 6.45) is 0. The molecule has 2 N–H and O–H groups in total. The van der Waals surface area contributed by atoms with Gasteiger partial charge in [0.15, 0.2) is 0 Å². The summed E-state index contributed by atoms with van der Waals surface area (Å²) in [6, 6.07) is 9.45. The lowest BCUT2D eigenvalue weighted by atomic mass is 10.2. The van der Waals surface area contributed by atoms with E-state index in [2.05, 4.69) is 21.2 Å². The van der Waals surface area contributed by atoms with E-state index in [4.69, 9.17) is 16.3 Å². The number of hydrogen-bond acceptors (Lipinski definition) is 3. The van der Waals surface area contributed by atoms with E-state index in [0.29, 0.717) is 22.0 Å². The molecule has 2 rings (SSSR count). The molecule has 0 fully saturated rings. The first kappa shape index (κ1) is 14.7. The predicted octanol–water partition coefficient (Wildman–Crippen LogP) is 4.07. The molecule has 2 aromatic rings. The third kappa shape index (κ3) is 3.43. The zero-order valence-corrected chi connectivity index (χ0v) is 12.8. The van der Waals surface area contributed by atoms with Crippen LogP contribution >= 0.6 is 27.5 Å². The number of halogens is 2. The SMILES string of the molecule is COc1cc(O)cc(NC(=O)c2ccc(Br)cc2Cl)c1. The van der Waals surface area contributed by atoms with Crippen molar-refractivity contribution in [2.75, 3.05) is 12.4 Å². The van der Waals surface area contributed by atoms with Crippen LogP contribution in [0.25, 0.3) is 0 Å². The number of phenolic OH excluding ortho intramolecular Hbond substituents is 1. The normalized spacial score (nSPS) is 10.2. The minimum absolute atomic E-state index is 0.00144. The smallest absolute Gasteiger partial charge is 0.257 e. The van der Waals surface area contributed by atoms with E-state index < -0.39 is 0 Å². The number of rotatable bonds is 3. The minimum atomic E-state index is -0.366. The van der Waals surface area contributed by atoms with Crippen molar-refractivity contribution in [2.24, 2.45) is 0 Å². The molecule has 4 nitrogen and oxygen atoms in total. The standard InChI is InChI=1S/C14H11BrClNO3/c1-20-11-6-9(5-10(18)7-11)17-14(19)12-3-2-8(15)4-13(12)16/h2-7,18H,1H3,(H,17,19). The average molecular weight is 357 g/mol. The van der Waals surface area contributed by atoms with Crippen molar-refractivity contribution in [2.45, 2.75) is 0 Å². The first-order chi connectivity index (χ1) is 9.49. The van der Waals surface area contributed by atoms with Crippen LogP contribution in [-0.2, 0) is 0 Å². The molecule has 6 heteroatoms. The maximum atomic E-state index is 12.1. The second-order valence-corrected chi connectivity index (χ2v) is 5.32. The van der Waals surface area contributed by atoms with E-state index in [1.54, 1.807) is 24.3 Å². The molecule has 0 unspecified atom stereocenters. The Hall–Kier alpha value is -1.72. The maximum absolute atomic E-state index is 12.1. The summed E-state index contributed by atoms with van der Waals surface area (Å²) in [5, 5.41) is 12.5. The van der Waals surface area contributed by atoms with Gasteiger partial charge in [-0.2, -0.15) is 0 Å². The fraction of sp³-hybridized carbons (Fsp3) is 0.0714. The van der Waals surface area contributed by atoms with Gasteiger partial charge in [-0.05, 0) is 18.2 Å². The van der Waals surface area contributed by atoms with Crippen LogP contribution in [-0.4, -0.2) is 18.1 Å². The number of carbonyl (C=O) groups is 1. The van der Waals surface area contributed by atoms with Gasteiger partial charge in [0.1, 0.15) is 11.5 Å². The van der Waals surface area contributed by atoms with E-state index in [9.17, 15) is 9.90 Å². The number of aromatic hydroxyl groups is 1. The van der Waals surface area contributed by atoms with Gasteiger partial charge in [0.05, 0.1) is 17.7 Å². The van der Waals surface area contributed by atoms with Crippen molar-refractivity contribution in [1.29, 1.82) is 0 Å². The molecule has 0 saturated heterocycles. The van der Waals surface area contributed by atoms with E-state index in [1.807, 2.05) is 0 Å². The van der Waals surface area contributed by atoms with Crippen LogP contribution in [0.3, 0.4) is 0 Å². The molecule has 0 saturated carbocycles. The van der Waals surface area contributed by atoms with Crippen molar-refractivity contribution in [3.8, 4) is 11.5 Å². The summed E-state index contributed by atoms with van der Waals surface area (Å²) in [6.45, 7) is 0. The molecular formula is C14H11BrClNO3. The molecule has 104 valence electrons. The second kappa shape index (κ2) is 6.15. The van der Waals surface area contributed by atoms with Gasteiger partial charge in [-0.3, -0.25) is 4.79 Å². The Bertz CT molecular complexity index is 661. The summed E-state index contributed by atoms with van der Waals surface area (Å²) in [5.74, 6) is 0.0823. The zero-order chi connectivity index (χ0) is 14.7. The number of carbonyl (C=O) groups excluding carboxylic acids is 1. The third-order valence-electron chi connectivity index (χ3n) is 2.56. The molecule has 0 aliphatic heterocycles. The largest absolute Gasteiger partial charge is 0.508 e. The Labute approximate surface area is 129 Å². The van der Waals surface area contributed by atoms with Crippen molar-refractivity contribution >= 4 is 39.1 Å². The van der Waals surface area contributed by atoms with E-state index in [1.165, 1.54) is 19.2 Å². The van der Waals surface area contributed by atoms with E-state index in [-0.39, 0.29) is 11.7 Å². The quantitative estimate of drug-likeness (QED) is 0.871. The zero-order valence-electron chi connectivity index (χ0n) is 10.5. The van der Waals surface area contributed by atoms with Crippen LogP contribution in [0, 0.1) is 0 Å². The highest BCUT2D eigenvalue weighted by molar-refractivity contribution is 9.10. The molecule has 0 aliphatic rings. The van der Waals surface area contributed by atoms with Crippen molar-refractivity contribution < 1.29 is 14.6 Å². The second-order valence-electron chi connectivity index (χ2n) is 4.00. The van der Waals surface area contributed by atoms with Crippen LogP contribution in [0.15, 0.2) is 40.9 Å². The molecule has 0 heterocycles. The topological polar surface area (TPSA) is 58.6 Å².